The highest BCUT2D eigenvalue weighted by atomic mass is 16.5. The van der Waals surface area contributed by atoms with Crippen molar-refractivity contribution in [1.29, 1.82) is 0 Å². The Morgan fingerprint density at radius 3 is 2.82 bits per heavy atom. The molecule has 0 saturated heterocycles. The molecule has 3 rings (SSSR count). The first-order valence-corrected chi connectivity index (χ1v) is 10.1. The van der Waals surface area contributed by atoms with Crippen LogP contribution >= 0.6 is 0 Å². The van der Waals surface area contributed by atoms with E-state index in [0.29, 0.717) is 12.2 Å². The van der Waals surface area contributed by atoms with Gasteiger partial charge in [0.2, 0.25) is 0 Å². The summed E-state index contributed by atoms with van der Waals surface area (Å²) in [5.74, 6) is 0.455. The van der Waals surface area contributed by atoms with Crippen LogP contribution in [-0.4, -0.2) is 12.6 Å². The second-order valence-electron chi connectivity index (χ2n) is 8.28. The molecule has 0 radical (unpaired) electrons. The van der Waals surface area contributed by atoms with Gasteiger partial charge >= 0.3 is 5.97 Å². The molecule has 0 fully saturated rings. The maximum Gasteiger partial charge on any atom is 0.338 e. The number of benzene rings is 1. The van der Waals surface area contributed by atoms with Crippen LogP contribution in [0.1, 0.15) is 70.0 Å². The lowest BCUT2D eigenvalue weighted by atomic mass is 9.72. The van der Waals surface area contributed by atoms with Crippen molar-refractivity contribution in [3.05, 3.63) is 64.7 Å². The molecule has 0 amide bonds. The van der Waals surface area contributed by atoms with E-state index in [4.69, 9.17) is 9.15 Å². The minimum Gasteiger partial charge on any atom is -0.464 e. The molecule has 3 heteroatoms. The van der Waals surface area contributed by atoms with Crippen molar-refractivity contribution in [2.75, 3.05) is 6.61 Å². The molecule has 28 heavy (non-hydrogen) atoms. The molecule has 0 saturated carbocycles. The summed E-state index contributed by atoms with van der Waals surface area (Å²) in [5, 5.41) is 1.90. The highest BCUT2D eigenvalue weighted by Crippen LogP contribution is 2.40. The van der Waals surface area contributed by atoms with Crippen molar-refractivity contribution in [3.8, 4) is 0 Å². The number of ether oxygens (including phenoxy) is 1. The molecule has 0 spiro atoms. The fraction of sp³-hybridized carbons (Fsp3) is 0.400. The molecule has 2 aromatic rings. The minimum absolute atomic E-state index is 0.227. The lowest BCUT2D eigenvalue weighted by Crippen LogP contribution is -2.19. The molecule has 1 aliphatic carbocycles. The molecule has 148 valence electrons. The van der Waals surface area contributed by atoms with Crippen LogP contribution in [0.5, 0.6) is 0 Å². The number of fused-ring (bicyclic) bond motifs is 1. The molecule has 1 aromatic heterocycles. The standard InChI is InChI=1S/C25H30O3/c1-6-27-24(26)19-10-11-20-16-28-23(21(20)15-19)14-17(2)9-12-22-18(3)8-7-13-25(22,4)5/h9-12,14-16H,6-8,13H2,1-5H3. The Hall–Kier alpha value is -2.55. The summed E-state index contributed by atoms with van der Waals surface area (Å²) in [6.45, 7) is 11.1. The largest absolute Gasteiger partial charge is 0.464 e. The molecule has 0 atom stereocenters. The quantitative estimate of drug-likeness (QED) is 0.411. The first-order chi connectivity index (χ1) is 13.3. The van der Waals surface area contributed by atoms with Crippen molar-refractivity contribution >= 4 is 22.8 Å². The average molecular weight is 379 g/mol. The fourth-order valence-electron chi connectivity index (χ4n) is 4.00. The summed E-state index contributed by atoms with van der Waals surface area (Å²) in [6, 6.07) is 5.51. The van der Waals surface area contributed by atoms with E-state index in [0.717, 1.165) is 22.1 Å². The zero-order chi connectivity index (χ0) is 20.3. The molecule has 3 nitrogen and oxygen atoms in total. The lowest BCUT2D eigenvalue weighted by Gasteiger charge is -2.32. The fourth-order valence-corrected chi connectivity index (χ4v) is 4.00. The number of carbonyl (C=O) groups is 1. The first-order valence-electron chi connectivity index (χ1n) is 10.1. The van der Waals surface area contributed by atoms with Crippen LogP contribution in [0.4, 0.5) is 0 Å². The number of allylic oxidation sites excluding steroid dienone is 5. The molecular weight excluding hydrogens is 348 g/mol. The van der Waals surface area contributed by atoms with Gasteiger partial charge in [0.05, 0.1) is 18.4 Å². The van der Waals surface area contributed by atoms with Gasteiger partial charge in [-0.3, -0.25) is 0 Å². The van der Waals surface area contributed by atoms with Gasteiger partial charge < -0.3 is 9.15 Å². The van der Waals surface area contributed by atoms with Crippen LogP contribution in [0.3, 0.4) is 0 Å². The van der Waals surface area contributed by atoms with Gasteiger partial charge in [-0.25, -0.2) is 4.79 Å². The molecule has 0 bridgehead atoms. The van der Waals surface area contributed by atoms with Gasteiger partial charge in [-0.1, -0.05) is 37.6 Å². The number of furan rings is 1. The summed E-state index contributed by atoms with van der Waals surface area (Å²) >= 11 is 0. The maximum atomic E-state index is 12.0. The second kappa shape index (κ2) is 8.22. The summed E-state index contributed by atoms with van der Waals surface area (Å²) in [5.41, 5.74) is 4.82. The summed E-state index contributed by atoms with van der Waals surface area (Å²) in [7, 11) is 0. The van der Waals surface area contributed by atoms with Crippen LogP contribution < -0.4 is 0 Å². The van der Waals surface area contributed by atoms with Gasteiger partial charge in [0.25, 0.3) is 0 Å². The van der Waals surface area contributed by atoms with Crippen molar-refractivity contribution in [2.24, 2.45) is 5.41 Å². The smallest absolute Gasteiger partial charge is 0.338 e. The van der Waals surface area contributed by atoms with Gasteiger partial charge in [0, 0.05) is 10.8 Å². The Bertz CT molecular complexity index is 967. The third kappa shape index (κ3) is 4.30. The molecule has 0 aliphatic heterocycles. The molecule has 1 aliphatic rings. The number of carbonyl (C=O) groups excluding carboxylic acids is 1. The van der Waals surface area contributed by atoms with E-state index in [1.165, 1.54) is 30.4 Å². The van der Waals surface area contributed by atoms with E-state index in [1.807, 2.05) is 25.1 Å². The van der Waals surface area contributed by atoms with Gasteiger partial charge in [-0.05, 0) is 74.8 Å². The molecule has 1 heterocycles. The number of hydrogen-bond acceptors (Lipinski definition) is 3. The van der Waals surface area contributed by atoms with Crippen molar-refractivity contribution in [3.63, 3.8) is 0 Å². The normalized spacial score (nSPS) is 17.5. The van der Waals surface area contributed by atoms with Crippen LogP contribution in [-0.2, 0) is 4.74 Å². The molecule has 0 N–H and O–H groups in total. The number of rotatable bonds is 5. The Kier molecular flexibility index (Phi) is 5.93. The van der Waals surface area contributed by atoms with Gasteiger partial charge in [-0.2, -0.15) is 0 Å². The van der Waals surface area contributed by atoms with Crippen LogP contribution in [0, 0.1) is 5.41 Å². The highest BCUT2D eigenvalue weighted by molar-refractivity contribution is 5.97. The highest BCUT2D eigenvalue weighted by Gasteiger charge is 2.26. The van der Waals surface area contributed by atoms with Gasteiger partial charge in [-0.15, -0.1) is 0 Å². The lowest BCUT2D eigenvalue weighted by molar-refractivity contribution is 0.0526. The van der Waals surface area contributed by atoms with Crippen LogP contribution in [0.2, 0.25) is 0 Å². The summed E-state index contributed by atoms with van der Waals surface area (Å²) in [4.78, 5) is 12.0. The maximum absolute atomic E-state index is 12.0. The third-order valence-electron chi connectivity index (χ3n) is 5.56. The predicted octanol–water partition coefficient (Wildman–Crippen LogP) is 7.10. The number of esters is 1. The first kappa shape index (κ1) is 20.2. The summed E-state index contributed by atoms with van der Waals surface area (Å²) in [6.07, 6.45) is 11.9. The average Bonchev–Trinajstić information content (AvgIpc) is 3.03. The van der Waals surface area contributed by atoms with Gasteiger partial charge in [0.15, 0.2) is 0 Å². The zero-order valence-electron chi connectivity index (χ0n) is 17.6. The van der Waals surface area contributed by atoms with E-state index in [9.17, 15) is 4.79 Å². The summed E-state index contributed by atoms with van der Waals surface area (Å²) < 4.78 is 10.9. The second-order valence-corrected chi connectivity index (χ2v) is 8.28. The zero-order valence-corrected chi connectivity index (χ0v) is 17.6. The van der Waals surface area contributed by atoms with Gasteiger partial charge in [0.1, 0.15) is 5.76 Å². The van der Waals surface area contributed by atoms with E-state index < -0.39 is 0 Å². The molecule has 0 unspecified atom stereocenters. The third-order valence-corrected chi connectivity index (χ3v) is 5.56. The van der Waals surface area contributed by atoms with Crippen molar-refractivity contribution < 1.29 is 13.9 Å². The van der Waals surface area contributed by atoms with E-state index >= 15 is 0 Å². The van der Waals surface area contributed by atoms with E-state index in [1.54, 1.807) is 12.3 Å². The monoisotopic (exact) mass is 378 g/mol. The van der Waals surface area contributed by atoms with Crippen molar-refractivity contribution in [1.82, 2.24) is 0 Å². The minimum atomic E-state index is -0.306. The van der Waals surface area contributed by atoms with E-state index in [2.05, 4.69) is 39.8 Å². The molecular formula is C25H30O3. The Balaban J connectivity index is 1.89. The van der Waals surface area contributed by atoms with Crippen LogP contribution in [0.25, 0.3) is 16.8 Å². The topological polar surface area (TPSA) is 39.4 Å². The molecule has 1 aromatic carbocycles. The predicted molar refractivity (Wildman–Crippen MR) is 115 cm³/mol. The Labute approximate surface area is 167 Å². The number of hydrogen-bond donors (Lipinski definition) is 0. The van der Waals surface area contributed by atoms with Crippen molar-refractivity contribution in [2.45, 2.75) is 53.9 Å². The Morgan fingerprint density at radius 1 is 1.32 bits per heavy atom. The Morgan fingerprint density at radius 2 is 2.11 bits per heavy atom. The van der Waals surface area contributed by atoms with Crippen LogP contribution in [0.15, 0.2) is 57.8 Å². The van der Waals surface area contributed by atoms with E-state index in [-0.39, 0.29) is 11.4 Å². The SMILES string of the molecule is CCOC(=O)c1ccc2coc(C=C(C)C=CC3=C(C)CCCC3(C)C)c2c1.